The summed E-state index contributed by atoms with van der Waals surface area (Å²) in [5.74, 6) is -0.00918. The maximum atomic E-state index is 12.7. The van der Waals surface area contributed by atoms with Crippen molar-refractivity contribution in [2.24, 2.45) is 0 Å². The predicted molar refractivity (Wildman–Crippen MR) is 115 cm³/mol. The zero-order valence-electron chi connectivity index (χ0n) is 16.4. The van der Waals surface area contributed by atoms with Gasteiger partial charge in [0.2, 0.25) is 10.0 Å². The van der Waals surface area contributed by atoms with Crippen molar-refractivity contribution in [1.82, 2.24) is 19.1 Å². The minimum Gasteiger partial charge on any atom is -0.482 e. The maximum absolute atomic E-state index is 12.7. The first-order chi connectivity index (χ1) is 14.9. The van der Waals surface area contributed by atoms with Crippen LogP contribution in [0.15, 0.2) is 60.0 Å². The molecule has 11 heteroatoms. The highest BCUT2D eigenvalue weighted by Crippen LogP contribution is 2.27. The predicted octanol–water partition coefficient (Wildman–Crippen LogP) is 2.72. The minimum absolute atomic E-state index is 0.153. The smallest absolute Gasteiger partial charge is 0.262 e. The second kappa shape index (κ2) is 9.04. The number of sulfonamides is 1. The van der Waals surface area contributed by atoms with Gasteiger partial charge in [-0.2, -0.15) is 4.31 Å². The number of ether oxygens (including phenoxy) is 1. The molecule has 2 aromatic carbocycles. The molecule has 1 aliphatic rings. The number of rotatable bonds is 7. The Morgan fingerprint density at radius 3 is 2.58 bits per heavy atom. The Morgan fingerprint density at radius 1 is 1.10 bits per heavy atom. The summed E-state index contributed by atoms with van der Waals surface area (Å²) < 4.78 is 34.2. The Hall–Kier alpha value is -2.95. The monoisotopic (exact) mass is 461 g/mol. The third kappa shape index (κ3) is 4.87. The molecule has 162 valence electrons. The molecule has 3 aromatic rings. The number of nitrogens with zero attached hydrogens (tertiary/aromatic N) is 4. The number of amides is 1. The van der Waals surface area contributed by atoms with Crippen LogP contribution in [0.5, 0.6) is 5.75 Å². The van der Waals surface area contributed by atoms with E-state index in [1.807, 2.05) is 0 Å². The van der Waals surface area contributed by atoms with Gasteiger partial charge in [0.25, 0.3) is 5.91 Å². The summed E-state index contributed by atoms with van der Waals surface area (Å²) in [6, 6.07) is 11.2. The van der Waals surface area contributed by atoms with Crippen LogP contribution in [0.3, 0.4) is 0 Å². The fourth-order valence-corrected chi connectivity index (χ4v) is 5.02. The lowest BCUT2D eigenvalue weighted by molar-refractivity contribution is -0.118. The molecular formula is C20H20ClN5O4S. The lowest BCUT2D eigenvalue weighted by Crippen LogP contribution is -2.28. The molecule has 1 saturated heterocycles. The second-order valence-corrected chi connectivity index (χ2v) is 9.33. The lowest BCUT2D eigenvalue weighted by atomic mass is 10.3. The van der Waals surface area contributed by atoms with E-state index in [1.54, 1.807) is 34.9 Å². The number of anilines is 1. The Bertz CT molecular complexity index is 1180. The summed E-state index contributed by atoms with van der Waals surface area (Å²) >= 11 is 6.06. The van der Waals surface area contributed by atoms with Gasteiger partial charge in [-0.15, -0.1) is 10.2 Å². The van der Waals surface area contributed by atoms with Crippen LogP contribution in [0.1, 0.15) is 12.8 Å². The Labute approximate surface area is 184 Å². The molecule has 4 rings (SSSR count). The Morgan fingerprint density at radius 2 is 1.84 bits per heavy atom. The largest absolute Gasteiger partial charge is 0.482 e. The maximum Gasteiger partial charge on any atom is 0.262 e. The zero-order valence-corrected chi connectivity index (χ0v) is 18.0. The molecule has 0 saturated carbocycles. The van der Waals surface area contributed by atoms with Crippen LogP contribution in [0.2, 0.25) is 5.02 Å². The van der Waals surface area contributed by atoms with E-state index in [-0.39, 0.29) is 11.5 Å². The molecule has 0 spiro atoms. The van der Waals surface area contributed by atoms with E-state index in [4.69, 9.17) is 16.3 Å². The summed E-state index contributed by atoms with van der Waals surface area (Å²) in [6.07, 6.45) is 4.69. The van der Waals surface area contributed by atoms with E-state index in [2.05, 4.69) is 15.5 Å². The fourth-order valence-electron chi connectivity index (χ4n) is 3.29. The van der Waals surface area contributed by atoms with Gasteiger partial charge in [0.1, 0.15) is 18.4 Å². The Kier molecular flexibility index (Phi) is 6.21. The third-order valence-electron chi connectivity index (χ3n) is 4.80. The van der Waals surface area contributed by atoms with Crippen molar-refractivity contribution in [3.05, 3.63) is 60.1 Å². The topological polar surface area (TPSA) is 106 Å². The highest BCUT2D eigenvalue weighted by molar-refractivity contribution is 7.89. The quantitative estimate of drug-likeness (QED) is 0.579. The van der Waals surface area contributed by atoms with Gasteiger partial charge >= 0.3 is 0 Å². The molecule has 9 nitrogen and oxygen atoms in total. The molecule has 1 N–H and O–H groups in total. The first-order valence-corrected chi connectivity index (χ1v) is 11.4. The number of nitrogens with one attached hydrogen (secondary N) is 1. The first-order valence-electron chi connectivity index (χ1n) is 9.61. The molecule has 1 amide bonds. The normalized spacial score (nSPS) is 14.5. The van der Waals surface area contributed by atoms with E-state index >= 15 is 0 Å². The zero-order chi connectivity index (χ0) is 21.8. The number of halogens is 1. The van der Waals surface area contributed by atoms with Crippen LogP contribution in [-0.2, 0) is 14.8 Å². The summed E-state index contributed by atoms with van der Waals surface area (Å²) in [4.78, 5) is 12.6. The standard InChI is InChI=1S/C20H20ClN5O4S/c21-15-6-7-19(18(10-15)25-13-22-23-14-25)30-12-20(27)24-16-4-3-5-17(11-16)31(28,29)26-8-1-2-9-26/h3-7,10-11,13-14H,1-2,8-9,12H2,(H,24,27). The van der Waals surface area contributed by atoms with Gasteiger partial charge in [-0.1, -0.05) is 17.7 Å². The highest BCUT2D eigenvalue weighted by atomic mass is 35.5. The molecule has 1 aliphatic heterocycles. The summed E-state index contributed by atoms with van der Waals surface area (Å²) in [5, 5.41) is 10.7. The molecule has 0 aliphatic carbocycles. The average Bonchev–Trinajstić information content (AvgIpc) is 3.47. The minimum atomic E-state index is -3.56. The highest BCUT2D eigenvalue weighted by Gasteiger charge is 2.27. The van der Waals surface area contributed by atoms with E-state index in [0.29, 0.717) is 35.2 Å². The number of carbonyl (C=O) groups excluding carboxylic acids is 1. The van der Waals surface area contributed by atoms with Crippen molar-refractivity contribution >= 4 is 33.2 Å². The summed E-state index contributed by atoms with van der Waals surface area (Å²) in [6.45, 7) is 0.755. The number of aromatic nitrogens is 3. The van der Waals surface area contributed by atoms with Crippen LogP contribution in [0, 0.1) is 0 Å². The van der Waals surface area contributed by atoms with Crippen LogP contribution in [0.4, 0.5) is 5.69 Å². The van der Waals surface area contributed by atoms with Crippen molar-refractivity contribution < 1.29 is 17.9 Å². The number of hydrogen-bond acceptors (Lipinski definition) is 6. The molecule has 31 heavy (non-hydrogen) atoms. The number of hydrogen-bond donors (Lipinski definition) is 1. The molecule has 1 fully saturated rings. The van der Waals surface area contributed by atoms with Crippen molar-refractivity contribution in [3.8, 4) is 11.4 Å². The summed E-state index contributed by atoms with van der Waals surface area (Å²) in [7, 11) is -3.56. The SMILES string of the molecule is O=C(COc1ccc(Cl)cc1-n1cnnc1)Nc1cccc(S(=O)(=O)N2CCCC2)c1. The number of benzene rings is 2. The van der Waals surface area contributed by atoms with E-state index < -0.39 is 15.9 Å². The van der Waals surface area contributed by atoms with Crippen molar-refractivity contribution in [3.63, 3.8) is 0 Å². The van der Waals surface area contributed by atoms with E-state index in [0.717, 1.165) is 12.8 Å². The Balaban J connectivity index is 1.44. The number of carbonyl (C=O) groups is 1. The molecular weight excluding hydrogens is 442 g/mol. The molecule has 2 heterocycles. The van der Waals surface area contributed by atoms with Gasteiger partial charge in [0.05, 0.1) is 10.6 Å². The van der Waals surface area contributed by atoms with Crippen LogP contribution in [0.25, 0.3) is 5.69 Å². The van der Waals surface area contributed by atoms with Gasteiger partial charge in [-0.3, -0.25) is 9.36 Å². The van der Waals surface area contributed by atoms with Gasteiger partial charge in [0, 0.05) is 23.8 Å². The van der Waals surface area contributed by atoms with Crippen LogP contribution >= 0.6 is 11.6 Å². The van der Waals surface area contributed by atoms with E-state index in [9.17, 15) is 13.2 Å². The first kappa shape index (κ1) is 21.3. The second-order valence-electron chi connectivity index (χ2n) is 6.96. The molecule has 0 bridgehead atoms. The van der Waals surface area contributed by atoms with Crippen molar-refractivity contribution in [2.75, 3.05) is 25.0 Å². The molecule has 0 unspecified atom stereocenters. The lowest BCUT2D eigenvalue weighted by Gasteiger charge is -2.16. The van der Waals surface area contributed by atoms with Gasteiger partial charge < -0.3 is 10.1 Å². The van der Waals surface area contributed by atoms with Crippen LogP contribution < -0.4 is 10.1 Å². The van der Waals surface area contributed by atoms with Gasteiger partial charge in [-0.25, -0.2) is 8.42 Å². The summed E-state index contributed by atoms with van der Waals surface area (Å²) in [5.41, 5.74) is 0.966. The third-order valence-corrected chi connectivity index (χ3v) is 6.93. The van der Waals surface area contributed by atoms with Gasteiger partial charge in [0.15, 0.2) is 6.61 Å². The fraction of sp³-hybridized carbons (Fsp3) is 0.250. The molecule has 0 radical (unpaired) electrons. The van der Waals surface area contributed by atoms with Crippen molar-refractivity contribution in [2.45, 2.75) is 17.7 Å². The van der Waals surface area contributed by atoms with Crippen LogP contribution in [-0.4, -0.2) is 53.1 Å². The van der Waals surface area contributed by atoms with Crippen molar-refractivity contribution in [1.29, 1.82) is 0 Å². The average molecular weight is 462 g/mol. The molecule has 1 aromatic heterocycles. The molecule has 0 atom stereocenters. The van der Waals surface area contributed by atoms with E-state index in [1.165, 1.54) is 29.1 Å². The van der Waals surface area contributed by atoms with Gasteiger partial charge in [-0.05, 0) is 49.2 Å².